The van der Waals surface area contributed by atoms with Gasteiger partial charge in [0.15, 0.2) is 0 Å². The van der Waals surface area contributed by atoms with Crippen LogP contribution in [-0.4, -0.2) is 42.8 Å². The van der Waals surface area contributed by atoms with Gasteiger partial charge in [-0.25, -0.2) is 22.7 Å². The van der Waals surface area contributed by atoms with Gasteiger partial charge >= 0.3 is 0 Å². The molecule has 6 nitrogen and oxygen atoms in total. The Hall–Kier alpha value is -1.21. The summed E-state index contributed by atoms with van der Waals surface area (Å²) < 4.78 is 26.4. The molecule has 1 heterocycles. The second-order valence-corrected chi connectivity index (χ2v) is 7.65. The second-order valence-electron chi connectivity index (χ2n) is 5.61. The predicted molar refractivity (Wildman–Crippen MR) is 82.6 cm³/mol. The first-order valence-corrected chi connectivity index (χ1v) is 9.00. The summed E-state index contributed by atoms with van der Waals surface area (Å²) in [6.45, 7) is 3.40. The Morgan fingerprint density at radius 1 is 1.29 bits per heavy atom. The Morgan fingerprint density at radius 2 is 1.90 bits per heavy atom. The van der Waals surface area contributed by atoms with Crippen molar-refractivity contribution >= 4 is 16.0 Å². The van der Waals surface area contributed by atoms with Crippen molar-refractivity contribution in [3.63, 3.8) is 0 Å². The quantitative estimate of drug-likeness (QED) is 0.834. The molecule has 0 radical (unpaired) electrons. The van der Waals surface area contributed by atoms with E-state index < -0.39 is 10.0 Å². The maximum atomic E-state index is 12.5. The molecule has 1 fully saturated rings. The highest BCUT2D eigenvalue weighted by Gasteiger charge is 2.26. The van der Waals surface area contributed by atoms with Crippen LogP contribution in [0.25, 0.3) is 0 Å². The molecule has 1 aromatic rings. The van der Waals surface area contributed by atoms with E-state index in [4.69, 9.17) is 0 Å². The van der Waals surface area contributed by atoms with Gasteiger partial charge in [0, 0.05) is 20.1 Å². The van der Waals surface area contributed by atoms with E-state index in [1.807, 2.05) is 6.92 Å². The van der Waals surface area contributed by atoms with Crippen LogP contribution in [0.1, 0.15) is 39.0 Å². The van der Waals surface area contributed by atoms with Gasteiger partial charge in [0.1, 0.15) is 4.90 Å². The lowest BCUT2D eigenvalue weighted by Crippen LogP contribution is -2.31. The van der Waals surface area contributed by atoms with E-state index in [0.29, 0.717) is 18.4 Å². The second kappa shape index (κ2) is 7.17. The lowest BCUT2D eigenvalue weighted by Gasteiger charge is -2.20. The van der Waals surface area contributed by atoms with E-state index in [0.717, 1.165) is 25.8 Å². The molecule has 0 amide bonds. The van der Waals surface area contributed by atoms with Crippen molar-refractivity contribution in [2.45, 2.75) is 43.9 Å². The molecule has 1 aromatic heterocycles. The molecule has 0 atom stereocenters. The number of rotatable bonds is 7. The first kappa shape index (κ1) is 16.2. The Morgan fingerprint density at radius 3 is 2.48 bits per heavy atom. The Bertz CT molecular complexity index is 539. The number of aromatic nitrogens is 2. The van der Waals surface area contributed by atoms with Crippen LogP contribution in [0.2, 0.25) is 0 Å². The van der Waals surface area contributed by atoms with Gasteiger partial charge in [-0.05, 0) is 25.2 Å². The summed E-state index contributed by atoms with van der Waals surface area (Å²) in [6.07, 6.45) is 8.38. The molecule has 2 rings (SSSR count). The standard InChI is InChI=1S/C14H24N4O2S/c1-3-8-15-14-16-9-13(10-17-14)21(19,20)18(2)11-12-6-4-5-7-12/h9-10,12H,3-8,11H2,1-2H3,(H,15,16,17). The summed E-state index contributed by atoms with van der Waals surface area (Å²) in [5.74, 6) is 0.949. The number of anilines is 1. The van der Waals surface area contributed by atoms with Gasteiger partial charge in [-0.15, -0.1) is 0 Å². The minimum absolute atomic E-state index is 0.157. The van der Waals surface area contributed by atoms with Crippen LogP contribution in [-0.2, 0) is 10.0 Å². The largest absolute Gasteiger partial charge is 0.354 e. The number of sulfonamides is 1. The maximum absolute atomic E-state index is 12.5. The summed E-state index contributed by atoms with van der Waals surface area (Å²) >= 11 is 0. The van der Waals surface area contributed by atoms with Crippen LogP contribution < -0.4 is 5.32 Å². The van der Waals surface area contributed by atoms with E-state index in [-0.39, 0.29) is 4.90 Å². The average Bonchev–Trinajstić information content (AvgIpc) is 2.98. The van der Waals surface area contributed by atoms with E-state index >= 15 is 0 Å². The third-order valence-electron chi connectivity index (χ3n) is 3.86. The number of hydrogen-bond acceptors (Lipinski definition) is 5. The molecule has 0 spiro atoms. The Labute approximate surface area is 127 Å². The van der Waals surface area contributed by atoms with E-state index in [1.54, 1.807) is 7.05 Å². The molecule has 1 aliphatic rings. The van der Waals surface area contributed by atoms with Crippen molar-refractivity contribution in [1.82, 2.24) is 14.3 Å². The number of nitrogens with one attached hydrogen (secondary N) is 1. The van der Waals surface area contributed by atoms with Crippen molar-refractivity contribution in [2.75, 3.05) is 25.5 Å². The maximum Gasteiger partial charge on any atom is 0.245 e. The lowest BCUT2D eigenvalue weighted by atomic mass is 10.1. The smallest absolute Gasteiger partial charge is 0.245 e. The van der Waals surface area contributed by atoms with Gasteiger partial charge in [0.2, 0.25) is 16.0 Å². The summed E-state index contributed by atoms with van der Waals surface area (Å²) in [6, 6.07) is 0. The van der Waals surface area contributed by atoms with Crippen molar-refractivity contribution in [3.05, 3.63) is 12.4 Å². The molecule has 0 aromatic carbocycles. The highest BCUT2D eigenvalue weighted by Crippen LogP contribution is 2.26. The molecule has 21 heavy (non-hydrogen) atoms. The molecule has 0 saturated heterocycles. The average molecular weight is 312 g/mol. The van der Waals surface area contributed by atoms with Gasteiger partial charge in [-0.3, -0.25) is 0 Å². The molecule has 0 bridgehead atoms. The molecule has 7 heteroatoms. The third kappa shape index (κ3) is 4.14. The molecule has 1 aliphatic carbocycles. The van der Waals surface area contributed by atoms with E-state index in [1.165, 1.54) is 29.5 Å². The van der Waals surface area contributed by atoms with Gasteiger partial charge in [-0.2, -0.15) is 0 Å². The van der Waals surface area contributed by atoms with Crippen LogP contribution in [0.15, 0.2) is 17.3 Å². The first-order chi connectivity index (χ1) is 10.0. The van der Waals surface area contributed by atoms with Gasteiger partial charge in [0.05, 0.1) is 12.4 Å². The third-order valence-corrected chi connectivity index (χ3v) is 5.64. The molecule has 1 saturated carbocycles. The van der Waals surface area contributed by atoms with Crippen molar-refractivity contribution in [2.24, 2.45) is 5.92 Å². The monoisotopic (exact) mass is 312 g/mol. The minimum atomic E-state index is -3.48. The number of hydrogen-bond donors (Lipinski definition) is 1. The van der Waals surface area contributed by atoms with Crippen LogP contribution in [0.3, 0.4) is 0 Å². The summed E-state index contributed by atoms with van der Waals surface area (Å²) in [5.41, 5.74) is 0. The normalized spacial score (nSPS) is 16.5. The van der Waals surface area contributed by atoms with Gasteiger partial charge in [0.25, 0.3) is 0 Å². The van der Waals surface area contributed by atoms with E-state index in [9.17, 15) is 8.42 Å². The molecule has 0 unspecified atom stereocenters. The SMILES string of the molecule is CCCNc1ncc(S(=O)(=O)N(C)CC2CCCC2)cn1. The van der Waals surface area contributed by atoms with Gasteiger partial charge < -0.3 is 5.32 Å². The Kier molecular flexibility index (Phi) is 5.52. The van der Waals surface area contributed by atoms with Crippen molar-refractivity contribution in [3.8, 4) is 0 Å². The fraction of sp³-hybridized carbons (Fsp3) is 0.714. The fourth-order valence-corrected chi connectivity index (χ4v) is 3.75. The highest BCUT2D eigenvalue weighted by molar-refractivity contribution is 7.89. The van der Waals surface area contributed by atoms with Crippen LogP contribution in [0.4, 0.5) is 5.95 Å². The highest BCUT2D eigenvalue weighted by atomic mass is 32.2. The summed E-state index contributed by atoms with van der Waals surface area (Å²) in [5, 5.41) is 3.03. The minimum Gasteiger partial charge on any atom is -0.354 e. The zero-order valence-electron chi connectivity index (χ0n) is 12.7. The molecule has 0 aliphatic heterocycles. The zero-order valence-corrected chi connectivity index (χ0v) is 13.6. The van der Waals surface area contributed by atoms with Crippen LogP contribution >= 0.6 is 0 Å². The lowest BCUT2D eigenvalue weighted by molar-refractivity contribution is 0.387. The van der Waals surface area contributed by atoms with Crippen LogP contribution in [0, 0.1) is 5.92 Å². The Balaban J connectivity index is 2.03. The fourth-order valence-electron chi connectivity index (χ4n) is 2.61. The molecule has 1 N–H and O–H groups in total. The molecule has 118 valence electrons. The van der Waals surface area contributed by atoms with E-state index in [2.05, 4.69) is 15.3 Å². The van der Waals surface area contributed by atoms with Crippen LogP contribution in [0.5, 0.6) is 0 Å². The summed E-state index contributed by atoms with van der Waals surface area (Å²) in [4.78, 5) is 8.29. The summed E-state index contributed by atoms with van der Waals surface area (Å²) in [7, 11) is -1.85. The predicted octanol–water partition coefficient (Wildman–Crippen LogP) is 2.11. The van der Waals surface area contributed by atoms with Crippen molar-refractivity contribution < 1.29 is 8.42 Å². The first-order valence-electron chi connectivity index (χ1n) is 7.56. The van der Waals surface area contributed by atoms with Crippen molar-refractivity contribution in [1.29, 1.82) is 0 Å². The van der Waals surface area contributed by atoms with Gasteiger partial charge in [-0.1, -0.05) is 19.8 Å². The topological polar surface area (TPSA) is 75.2 Å². The zero-order chi connectivity index (χ0) is 15.3. The molecular weight excluding hydrogens is 288 g/mol. The number of nitrogens with zero attached hydrogens (tertiary/aromatic N) is 3. The molecular formula is C14H24N4O2S.